The standard InChI is InChI=1S/C15H17F2NO/c1-4-11-9-15(19-3)13(5-2)18(11)14-7-6-10(16)8-12(14)17/h6-9H,4-5H2,1-3H3. The Kier molecular flexibility index (Phi) is 3.88. The van der Waals surface area contributed by atoms with Crippen LogP contribution < -0.4 is 4.74 Å². The molecule has 2 aromatic rings. The second kappa shape index (κ2) is 5.43. The van der Waals surface area contributed by atoms with Gasteiger partial charge in [0.1, 0.15) is 17.4 Å². The molecule has 19 heavy (non-hydrogen) atoms. The molecular weight excluding hydrogens is 248 g/mol. The molecule has 0 atom stereocenters. The lowest BCUT2D eigenvalue weighted by molar-refractivity contribution is 0.409. The number of hydrogen-bond acceptors (Lipinski definition) is 1. The van der Waals surface area contributed by atoms with Crippen molar-refractivity contribution in [3.63, 3.8) is 0 Å². The maximum absolute atomic E-state index is 14.0. The topological polar surface area (TPSA) is 14.2 Å². The summed E-state index contributed by atoms with van der Waals surface area (Å²) in [5.41, 5.74) is 2.20. The minimum absolute atomic E-state index is 0.360. The molecule has 0 aliphatic rings. The zero-order valence-corrected chi connectivity index (χ0v) is 11.3. The van der Waals surface area contributed by atoms with E-state index in [-0.39, 0.29) is 0 Å². The number of halogens is 2. The summed E-state index contributed by atoms with van der Waals surface area (Å²) in [6.45, 7) is 3.97. The number of nitrogens with zero attached hydrogens (tertiary/aromatic N) is 1. The van der Waals surface area contributed by atoms with Crippen LogP contribution in [0.4, 0.5) is 8.78 Å². The predicted octanol–water partition coefficient (Wildman–Crippen LogP) is 3.89. The lowest BCUT2D eigenvalue weighted by atomic mass is 10.2. The summed E-state index contributed by atoms with van der Waals surface area (Å²) in [7, 11) is 1.60. The molecule has 2 nitrogen and oxygen atoms in total. The smallest absolute Gasteiger partial charge is 0.150 e. The van der Waals surface area contributed by atoms with Crippen LogP contribution in [0.3, 0.4) is 0 Å². The SMILES string of the molecule is CCc1cc(OC)c(CC)n1-c1ccc(F)cc1F. The third-order valence-corrected chi connectivity index (χ3v) is 3.21. The average molecular weight is 265 g/mol. The second-order valence-electron chi connectivity index (χ2n) is 4.29. The molecule has 0 aliphatic carbocycles. The molecule has 0 unspecified atom stereocenters. The van der Waals surface area contributed by atoms with Crippen LogP contribution in [0, 0.1) is 11.6 Å². The molecule has 0 fully saturated rings. The maximum atomic E-state index is 14.0. The van der Waals surface area contributed by atoms with Gasteiger partial charge >= 0.3 is 0 Å². The number of aryl methyl sites for hydroxylation is 1. The molecule has 0 saturated heterocycles. The van der Waals surface area contributed by atoms with Crippen LogP contribution in [-0.4, -0.2) is 11.7 Å². The summed E-state index contributed by atoms with van der Waals surface area (Å²) in [6.07, 6.45) is 1.45. The molecule has 1 aromatic heterocycles. The molecule has 2 rings (SSSR count). The van der Waals surface area contributed by atoms with Crippen LogP contribution >= 0.6 is 0 Å². The highest BCUT2D eigenvalue weighted by molar-refractivity contribution is 5.45. The van der Waals surface area contributed by atoms with Crippen molar-refractivity contribution in [2.45, 2.75) is 26.7 Å². The first-order chi connectivity index (χ1) is 9.12. The van der Waals surface area contributed by atoms with Crippen LogP contribution in [0.15, 0.2) is 24.3 Å². The Hall–Kier alpha value is -1.84. The van der Waals surface area contributed by atoms with Gasteiger partial charge in [-0.05, 0) is 25.0 Å². The number of methoxy groups -OCH3 is 1. The fourth-order valence-corrected chi connectivity index (χ4v) is 2.31. The number of ether oxygens (including phenoxy) is 1. The van der Waals surface area contributed by atoms with E-state index < -0.39 is 11.6 Å². The highest BCUT2D eigenvalue weighted by atomic mass is 19.1. The van der Waals surface area contributed by atoms with Gasteiger partial charge in [0.25, 0.3) is 0 Å². The van der Waals surface area contributed by atoms with Gasteiger partial charge < -0.3 is 9.30 Å². The molecule has 0 spiro atoms. The first kappa shape index (κ1) is 13.6. The van der Waals surface area contributed by atoms with E-state index in [2.05, 4.69) is 0 Å². The third-order valence-electron chi connectivity index (χ3n) is 3.21. The van der Waals surface area contributed by atoms with E-state index in [4.69, 9.17) is 4.74 Å². The van der Waals surface area contributed by atoms with E-state index in [9.17, 15) is 8.78 Å². The highest BCUT2D eigenvalue weighted by Crippen LogP contribution is 2.29. The summed E-state index contributed by atoms with van der Waals surface area (Å²) in [6, 6.07) is 5.54. The van der Waals surface area contributed by atoms with Crippen molar-refractivity contribution in [3.8, 4) is 11.4 Å². The molecule has 4 heteroatoms. The Labute approximate surface area is 111 Å². The van der Waals surface area contributed by atoms with E-state index in [0.29, 0.717) is 12.1 Å². The van der Waals surface area contributed by atoms with E-state index >= 15 is 0 Å². The van der Waals surface area contributed by atoms with Gasteiger partial charge in [0.2, 0.25) is 0 Å². The minimum Gasteiger partial charge on any atom is -0.495 e. The Morgan fingerprint density at radius 1 is 1.11 bits per heavy atom. The first-order valence-electron chi connectivity index (χ1n) is 6.35. The lowest BCUT2D eigenvalue weighted by Gasteiger charge is -2.13. The van der Waals surface area contributed by atoms with E-state index in [1.807, 2.05) is 24.5 Å². The average Bonchev–Trinajstić information content (AvgIpc) is 2.76. The van der Waals surface area contributed by atoms with Gasteiger partial charge in [0.15, 0.2) is 0 Å². The van der Waals surface area contributed by atoms with Crippen LogP contribution in [-0.2, 0) is 12.8 Å². The van der Waals surface area contributed by atoms with Crippen molar-refractivity contribution in [1.29, 1.82) is 0 Å². The second-order valence-corrected chi connectivity index (χ2v) is 4.29. The Balaban J connectivity index is 2.69. The van der Waals surface area contributed by atoms with Crippen molar-refractivity contribution in [2.75, 3.05) is 7.11 Å². The highest BCUT2D eigenvalue weighted by Gasteiger charge is 2.17. The lowest BCUT2D eigenvalue weighted by Crippen LogP contribution is -2.06. The van der Waals surface area contributed by atoms with E-state index in [1.165, 1.54) is 12.1 Å². The third kappa shape index (κ3) is 2.35. The van der Waals surface area contributed by atoms with Crippen molar-refractivity contribution >= 4 is 0 Å². The molecule has 0 radical (unpaired) electrons. The zero-order valence-electron chi connectivity index (χ0n) is 11.3. The van der Waals surface area contributed by atoms with Crippen molar-refractivity contribution in [1.82, 2.24) is 4.57 Å². The predicted molar refractivity (Wildman–Crippen MR) is 71.0 cm³/mol. The molecule has 1 aromatic carbocycles. The van der Waals surface area contributed by atoms with E-state index in [0.717, 1.165) is 29.6 Å². The van der Waals surface area contributed by atoms with Gasteiger partial charge in [-0.2, -0.15) is 0 Å². The van der Waals surface area contributed by atoms with Crippen LogP contribution in [0.2, 0.25) is 0 Å². The quantitative estimate of drug-likeness (QED) is 0.818. The first-order valence-corrected chi connectivity index (χ1v) is 6.35. The number of hydrogen-bond donors (Lipinski definition) is 0. The fourth-order valence-electron chi connectivity index (χ4n) is 2.31. The van der Waals surface area contributed by atoms with Crippen molar-refractivity contribution < 1.29 is 13.5 Å². The molecule has 1 heterocycles. The largest absolute Gasteiger partial charge is 0.495 e. The summed E-state index contributed by atoms with van der Waals surface area (Å²) in [5, 5.41) is 0. The summed E-state index contributed by atoms with van der Waals surface area (Å²) >= 11 is 0. The minimum atomic E-state index is -0.573. The van der Waals surface area contributed by atoms with Gasteiger partial charge in [-0.25, -0.2) is 8.78 Å². The van der Waals surface area contributed by atoms with Gasteiger partial charge in [-0.1, -0.05) is 13.8 Å². The van der Waals surface area contributed by atoms with Gasteiger partial charge in [0.05, 0.1) is 18.5 Å². The summed E-state index contributed by atoms with van der Waals surface area (Å²) in [5.74, 6) is -0.401. The molecule has 0 saturated carbocycles. The molecule has 0 aliphatic heterocycles. The molecule has 0 amide bonds. The molecular formula is C15H17F2NO. The number of rotatable bonds is 4. The van der Waals surface area contributed by atoms with Crippen LogP contribution in [0.1, 0.15) is 25.2 Å². The monoisotopic (exact) mass is 265 g/mol. The van der Waals surface area contributed by atoms with Crippen LogP contribution in [0.5, 0.6) is 5.75 Å². The maximum Gasteiger partial charge on any atom is 0.150 e. The van der Waals surface area contributed by atoms with Gasteiger partial charge in [-0.3, -0.25) is 0 Å². The zero-order chi connectivity index (χ0) is 14.0. The Morgan fingerprint density at radius 3 is 2.37 bits per heavy atom. The summed E-state index contributed by atoms with van der Waals surface area (Å²) in [4.78, 5) is 0. The van der Waals surface area contributed by atoms with Crippen LogP contribution in [0.25, 0.3) is 5.69 Å². The summed E-state index contributed by atoms with van der Waals surface area (Å²) < 4.78 is 34.1. The molecule has 0 bridgehead atoms. The van der Waals surface area contributed by atoms with E-state index in [1.54, 1.807) is 7.11 Å². The number of aromatic nitrogens is 1. The fraction of sp³-hybridized carbons (Fsp3) is 0.333. The van der Waals surface area contributed by atoms with Gasteiger partial charge in [-0.15, -0.1) is 0 Å². The molecule has 0 N–H and O–H groups in total. The Morgan fingerprint density at radius 2 is 1.84 bits per heavy atom. The Bertz CT molecular complexity index is 590. The molecule has 102 valence electrons. The van der Waals surface area contributed by atoms with Crippen molar-refractivity contribution in [2.24, 2.45) is 0 Å². The van der Waals surface area contributed by atoms with Crippen molar-refractivity contribution in [3.05, 3.63) is 47.3 Å². The normalized spacial score (nSPS) is 10.8. The van der Waals surface area contributed by atoms with Gasteiger partial charge in [0, 0.05) is 17.8 Å². The number of benzene rings is 1.